The van der Waals surface area contributed by atoms with Crippen LogP contribution < -0.4 is 5.32 Å². The zero-order chi connectivity index (χ0) is 24.9. The molecule has 2 aliphatic heterocycles. The third-order valence-electron chi connectivity index (χ3n) is 7.05. The van der Waals surface area contributed by atoms with E-state index >= 15 is 0 Å². The number of rotatable bonds is 9. The molecule has 7 heteroatoms. The molecule has 2 aliphatic rings. The van der Waals surface area contributed by atoms with Gasteiger partial charge in [-0.05, 0) is 75.9 Å². The summed E-state index contributed by atoms with van der Waals surface area (Å²) in [5.41, 5.74) is 1.22. The molecule has 7 nitrogen and oxygen atoms in total. The number of urea groups is 1. The lowest BCUT2D eigenvalue weighted by Gasteiger charge is -2.41. The molecule has 4 amide bonds. The van der Waals surface area contributed by atoms with Crippen LogP contribution in [0.4, 0.5) is 4.79 Å². The van der Waals surface area contributed by atoms with Crippen LogP contribution in [-0.2, 0) is 16.0 Å². The smallest absolute Gasteiger partial charge is 0.325 e. The van der Waals surface area contributed by atoms with E-state index in [0.717, 1.165) is 24.1 Å². The summed E-state index contributed by atoms with van der Waals surface area (Å²) in [5, 5.41) is 3.14. The minimum absolute atomic E-state index is 0.0206. The zero-order valence-corrected chi connectivity index (χ0v) is 21.3. The van der Waals surface area contributed by atoms with Crippen molar-refractivity contribution in [1.82, 2.24) is 20.0 Å². The first-order valence-electron chi connectivity index (χ1n) is 12.4. The lowest BCUT2D eigenvalue weighted by Crippen LogP contribution is -2.58. The molecule has 34 heavy (non-hydrogen) atoms. The van der Waals surface area contributed by atoms with Gasteiger partial charge in [0.05, 0.1) is 0 Å². The standard InChI is InChI=1S/C27H40N4O3/c1-20(2)11-12-24(32)30-17-13-23(14-18-30)27(19-22-10-7-6-9-21(22)3)25(33)31(26(34)28-27)16-8-15-29(4)5/h6-7,9-12,20,23H,8,13-19H2,1-5H3,(H,28,34). The third-order valence-corrected chi connectivity index (χ3v) is 7.05. The van der Waals surface area contributed by atoms with E-state index in [1.165, 1.54) is 4.90 Å². The number of carbonyl (C=O) groups is 3. The van der Waals surface area contributed by atoms with Gasteiger partial charge >= 0.3 is 6.03 Å². The first-order valence-corrected chi connectivity index (χ1v) is 12.4. The molecule has 0 radical (unpaired) electrons. The Hall–Kier alpha value is -2.67. The minimum Gasteiger partial charge on any atom is -0.339 e. The molecule has 1 aromatic carbocycles. The lowest BCUT2D eigenvalue weighted by atomic mass is 9.73. The highest BCUT2D eigenvalue weighted by molar-refractivity contribution is 6.07. The summed E-state index contributed by atoms with van der Waals surface area (Å²) < 4.78 is 0. The van der Waals surface area contributed by atoms with Gasteiger partial charge in [0.2, 0.25) is 5.91 Å². The highest BCUT2D eigenvalue weighted by atomic mass is 16.2. The second-order valence-corrected chi connectivity index (χ2v) is 10.3. The number of hydrogen-bond acceptors (Lipinski definition) is 4. The van der Waals surface area contributed by atoms with Crippen LogP contribution in [0, 0.1) is 18.8 Å². The van der Waals surface area contributed by atoms with Crippen molar-refractivity contribution in [3.63, 3.8) is 0 Å². The van der Waals surface area contributed by atoms with Crippen molar-refractivity contribution in [2.24, 2.45) is 11.8 Å². The maximum atomic E-state index is 13.9. The molecule has 1 aromatic rings. The summed E-state index contributed by atoms with van der Waals surface area (Å²) in [6, 6.07) is 7.76. The van der Waals surface area contributed by atoms with Crippen LogP contribution in [0.15, 0.2) is 36.4 Å². The quantitative estimate of drug-likeness (QED) is 0.446. The number of imide groups is 1. The summed E-state index contributed by atoms with van der Waals surface area (Å²) in [7, 11) is 3.97. The summed E-state index contributed by atoms with van der Waals surface area (Å²) in [6.07, 6.45) is 6.15. The predicted octanol–water partition coefficient (Wildman–Crippen LogP) is 3.23. The van der Waals surface area contributed by atoms with Gasteiger partial charge in [-0.1, -0.05) is 44.2 Å². The van der Waals surface area contributed by atoms with Crippen LogP contribution in [0.2, 0.25) is 0 Å². The number of nitrogens with one attached hydrogen (secondary N) is 1. The van der Waals surface area contributed by atoms with E-state index in [1.54, 1.807) is 6.08 Å². The molecule has 2 fully saturated rings. The topological polar surface area (TPSA) is 73.0 Å². The van der Waals surface area contributed by atoms with Gasteiger partial charge in [0, 0.05) is 26.1 Å². The van der Waals surface area contributed by atoms with Gasteiger partial charge in [-0.2, -0.15) is 0 Å². The number of benzene rings is 1. The van der Waals surface area contributed by atoms with Crippen LogP contribution >= 0.6 is 0 Å². The van der Waals surface area contributed by atoms with Crippen LogP contribution in [0.1, 0.15) is 44.2 Å². The molecule has 0 bridgehead atoms. The van der Waals surface area contributed by atoms with Gasteiger partial charge in [-0.3, -0.25) is 14.5 Å². The minimum atomic E-state index is -0.968. The fraction of sp³-hybridized carbons (Fsp3) is 0.593. The van der Waals surface area contributed by atoms with Crippen molar-refractivity contribution >= 4 is 17.8 Å². The summed E-state index contributed by atoms with van der Waals surface area (Å²) in [4.78, 5) is 44.8. The van der Waals surface area contributed by atoms with Gasteiger partial charge in [-0.25, -0.2) is 4.79 Å². The van der Waals surface area contributed by atoms with Crippen LogP contribution in [0.3, 0.4) is 0 Å². The number of nitrogens with zero attached hydrogens (tertiary/aromatic N) is 3. The molecule has 0 aliphatic carbocycles. The van der Waals surface area contributed by atoms with Gasteiger partial charge < -0.3 is 15.1 Å². The molecular weight excluding hydrogens is 428 g/mol. The fourth-order valence-corrected chi connectivity index (χ4v) is 5.02. The Kier molecular flexibility index (Phi) is 8.52. The number of aryl methyl sites for hydroxylation is 1. The molecule has 1 unspecified atom stereocenters. The van der Waals surface area contributed by atoms with Crippen molar-refractivity contribution in [2.75, 3.05) is 40.3 Å². The number of hydrogen-bond donors (Lipinski definition) is 1. The molecule has 2 saturated heterocycles. The van der Waals surface area contributed by atoms with E-state index < -0.39 is 5.54 Å². The Morgan fingerprint density at radius 2 is 1.88 bits per heavy atom. The maximum absolute atomic E-state index is 13.9. The Balaban J connectivity index is 1.81. The zero-order valence-electron chi connectivity index (χ0n) is 21.3. The normalized spacial score (nSPS) is 21.9. The average Bonchev–Trinajstić information content (AvgIpc) is 3.03. The van der Waals surface area contributed by atoms with Gasteiger partial charge in [0.15, 0.2) is 0 Å². The number of likely N-dealkylation sites (tertiary alicyclic amines) is 1. The Morgan fingerprint density at radius 3 is 2.50 bits per heavy atom. The third kappa shape index (κ3) is 5.87. The second-order valence-electron chi connectivity index (χ2n) is 10.3. The molecular formula is C27H40N4O3. The molecule has 0 saturated carbocycles. The first-order chi connectivity index (χ1) is 16.1. The van der Waals surface area contributed by atoms with Crippen LogP contribution in [0.25, 0.3) is 0 Å². The van der Waals surface area contributed by atoms with Crippen LogP contribution in [-0.4, -0.2) is 78.4 Å². The van der Waals surface area contributed by atoms with E-state index in [4.69, 9.17) is 0 Å². The highest BCUT2D eigenvalue weighted by Crippen LogP contribution is 2.37. The van der Waals surface area contributed by atoms with E-state index in [-0.39, 0.29) is 23.8 Å². The molecule has 1 atom stereocenters. The molecule has 2 heterocycles. The number of piperidine rings is 1. The predicted molar refractivity (Wildman–Crippen MR) is 134 cm³/mol. The largest absolute Gasteiger partial charge is 0.339 e. The molecule has 3 rings (SSSR count). The van der Waals surface area contributed by atoms with Crippen LogP contribution in [0.5, 0.6) is 0 Å². The van der Waals surface area contributed by atoms with Gasteiger partial charge in [0.25, 0.3) is 5.91 Å². The van der Waals surface area contributed by atoms with Crippen molar-refractivity contribution in [2.45, 2.75) is 52.0 Å². The summed E-state index contributed by atoms with van der Waals surface area (Å²) in [6.45, 7) is 8.54. The molecule has 1 N–H and O–H groups in total. The Labute approximate surface area is 204 Å². The number of allylic oxidation sites excluding steroid dienone is 1. The first kappa shape index (κ1) is 25.9. The van der Waals surface area contributed by atoms with Crippen molar-refractivity contribution in [3.8, 4) is 0 Å². The SMILES string of the molecule is Cc1ccccc1CC1(C2CCN(C(=O)C=CC(C)C)CC2)NC(=O)N(CCCN(C)C)C1=O. The summed E-state index contributed by atoms with van der Waals surface area (Å²) >= 11 is 0. The second kappa shape index (κ2) is 11.2. The summed E-state index contributed by atoms with van der Waals surface area (Å²) in [5.74, 6) is 0.195. The van der Waals surface area contributed by atoms with Crippen molar-refractivity contribution < 1.29 is 14.4 Å². The Morgan fingerprint density at radius 1 is 1.21 bits per heavy atom. The fourth-order valence-electron chi connectivity index (χ4n) is 5.02. The molecule has 0 aromatic heterocycles. The monoisotopic (exact) mass is 468 g/mol. The van der Waals surface area contributed by atoms with Gasteiger partial charge in [0.1, 0.15) is 5.54 Å². The Bertz CT molecular complexity index is 918. The highest BCUT2D eigenvalue weighted by Gasteiger charge is 2.55. The number of carbonyl (C=O) groups excluding carboxylic acids is 3. The lowest BCUT2D eigenvalue weighted by molar-refractivity contribution is -0.134. The number of amides is 4. The average molecular weight is 469 g/mol. The molecule has 186 valence electrons. The van der Waals surface area contributed by atoms with E-state index in [1.807, 2.05) is 70.1 Å². The van der Waals surface area contributed by atoms with E-state index in [2.05, 4.69) is 10.2 Å². The van der Waals surface area contributed by atoms with Gasteiger partial charge in [-0.15, -0.1) is 0 Å². The molecule has 0 spiro atoms. The van der Waals surface area contributed by atoms with Crippen molar-refractivity contribution in [1.29, 1.82) is 0 Å². The maximum Gasteiger partial charge on any atom is 0.325 e. The van der Waals surface area contributed by atoms with E-state index in [9.17, 15) is 14.4 Å². The van der Waals surface area contributed by atoms with E-state index in [0.29, 0.717) is 44.8 Å². The van der Waals surface area contributed by atoms with Crippen molar-refractivity contribution in [3.05, 3.63) is 47.5 Å².